The number of aryl methyl sites for hydroxylation is 1. The second-order valence-corrected chi connectivity index (χ2v) is 7.27. The lowest BCUT2D eigenvalue weighted by atomic mass is 9.93. The quantitative estimate of drug-likeness (QED) is 0.817. The third-order valence-electron chi connectivity index (χ3n) is 5.63. The van der Waals surface area contributed by atoms with Crippen LogP contribution in [0.2, 0.25) is 0 Å². The van der Waals surface area contributed by atoms with Crippen LogP contribution in [0, 0.1) is 13.8 Å². The molecule has 1 aromatic carbocycles. The van der Waals surface area contributed by atoms with Crippen molar-refractivity contribution >= 4 is 23.5 Å². The summed E-state index contributed by atoms with van der Waals surface area (Å²) in [5, 5.41) is 7.15. The van der Waals surface area contributed by atoms with Crippen LogP contribution in [0.4, 0.5) is 5.69 Å². The number of amides is 2. The normalized spacial score (nSPS) is 17.8. The Morgan fingerprint density at radius 2 is 2.07 bits per heavy atom. The Morgan fingerprint density at radius 3 is 2.82 bits per heavy atom. The van der Waals surface area contributed by atoms with Gasteiger partial charge in [0, 0.05) is 18.7 Å². The van der Waals surface area contributed by atoms with E-state index in [9.17, 15) is 14.4 Å². The van der Waals surface area contributed by atoms with Gasteiger partial charge >= 0.3 is 5.97 Å². The fraction of sp³-hybridized carbons (Fsp3) is 0.400. The number of nitrogens with zero attached hydrogens (tertiary/aromatic N) is 3. The van der Waals surface area contributed by atoms with Crippen molar-refractivity contribution < 1.29 is 19.1 Å². The predicted octanol–water partition coefficient (Wildman–Crippen LogP) is 1.75. The monoisotopic (exact) mass is 382 g/mol. The molecule has 2 amide bonds. The maximum absolute atomic E-state index is 12.9. The Bertz CT molecular complexity index is 994. The Labute approximate surface area is 162 Å². The van der Waals surface area contributed by atoms with E-state index in [1.165, 1.54) is 7.11 Å². The summed E-state index contributed by atoms with van der Waals surface area (Å²) in [6, 6.07) is 5.57. The number of anilines is 1. The summed E-state index contributed by atoms with van der Waals surface area (Å²) in [7, 11) is 1.31. The van der Waals surface area contributed by atoms with Gasteiger partial charge in [-0.3, -0.25) is 14.3 Å². The Balaban J connectivity index is 1.50. The summed E-state index contributed by atoms with van der Waals surface area (Å²) in [6.07, 6.45) is 0.124. The van der Waals surface area contributed by atoms with Crippen LogP contribution >= 0.6 is 0 Å². The molecule has 0 aliphatic carbocycles. The molecular weight excluding hydrogens is 360 g/mol. The number of methoxy groups -OCH3 is 1. The molecule has 0 radical (unpaired) electrons. The van der Waals surface area contributed by atoms with Crippen molar-refractivity contribution in [2.24, 2.45) is 0 Å². The molecular formula is C20H22N4O4. The minimum atomic E-state index is -0.496. The van der Waals surface area contributed by atoms with E-state index in [1.807, 2.05) is 26.0 Å². The Kier molecular flexibility index (Phi) is 4.41. The number of rotatable bonds is 3. The molecule has 146 valence electrons. The number of hydrogen-bond acceptors (Lipinski definition) is 5. The van der Waals surface area contributed by atoms with Crippen molar-refractivity contribution in [2.75, 3.05) is 19.0 Å². The number of aromatic nitrogens is 2. The summed E-state index contributed by atoms with van der Waals surface area (Å²) in [5.41, 5.74) is 4.89. The van der Waals surface area contributed by atoms with Crippen LogP contribution in [-0.2, 0) is 27.4 Å². The van der Waals surface area contributed by atoms with Gasteiger partial charge in [-0.15, -0.1) is 0 Å². The molecule has 4 rings (SSSR count). The summed E-state index contributed by atoms with van der Waals surface area (Å²) >= 11 is 0. The van der Waals surface area contributed by atoms with Gasteiger partial charge in [-0.05, 0) is 36.6 Å². The summed E-state index contributed by atoms with van der Waals surface area (Å²) in [4.78, 5) is 38.7. The zero-order valence-electron chi connectivity index (χ0n) is 16.1. The maximum atomic E-state index is 12.9. The van der Waals surface area contributed by atoms with E-state index in [-0.39, 0.29) is 23.9 Å². The number of carbonyl (C=O) groups excluding carboxylic acids is 3. The molecule has 0 fully saturated rings. The highest BCUT2D eigenvalue weighted by Gasteiger charge is 2.35. The van der Waals surface area contributed by atoms with E-state index in [0.29, 0.717) is 19.6 Å². The first-order chi connectivity index (χ1) is 13.4. The molecule has 2 aromatic rings. The molecule has 0 saturated carbocycles. The first kappa shape index (κ1) is 18.2. The fourth-order valence-electron chi connectivity index (χ4n) is 3.83. The molecule has 28 heavy (non-hydrogen) atoms. The van der Waals surface area contributed by atoms with Crippen molar-refractivity contribution in [1.82, 2.24) is 14.7 Å². The number of esters is 1. The number of carbonyl (C=O) groups is 3. The molecule has 8 nitrogen and oxygen atoms in total. The Hall–Kier alpha value is -3.16. The zero-order chi connectivity index (χ0) is 20.0. The second-order valence-electron chi connectivity index (χ2n) is 7.27. The van der Waals surface area contributed by atoms with E-state index in [4.69, 9.17) is 4.74 Å². The molecule has 0 spiro atoms. The third-order valence-corrected chi connectivity index (χ3v) is 5.63. The number of fused-ring (bicyclic) bond motifs is 2. The van der Waals surface area contributed by atoms with Gasteiger partial charge in [0.15, 0.2) is 5.69 Å². The second kappa shape index (κ2) is 6.78. The lowest BCUT2D eigenvalue weighted by Crippen LogP contribution is -2.39. The highest BCUT2D eigenvalue weighted by atomic mass is 16.5. The van der Waals surface area contributed by atoms with Gasteiger partial charge < -0.3 is 15.0 Å². The van der Waals surface area contributed by atoms with Gasteiger partial charge in [0.2, 0.25) is 11.8 Å². The van der Waals surface area contributed by atoms with E-state index >= 15 is 0 Å². The van der Waals surface area contributed by atoms with Crippen LogP contribution in [0.5, 0.6) is 0 Å². The van der Waals surface area contributed by atoms with Crippen LogP contribution in [0.25, 0.3) is 0 Å². The van der Waals surface area contributed by atoms with Crippen molar-refractivity contribution in [1.29, 1.82) is 0 Å². The van der Waals surface area contributed by atoms with Crippen molar-refractivity contribution in [3.05, 3.63) is 46.3 Å². The molecule has 2 aliphatic heterocycles. The van der Waals surface area contributed by atoms with E-state index in [0.717, 1.165) is 28.1 Å². The average Bonchev–Trinajstić information content (AvgIpc) is 3.25. The van der Waals surface area contributed by atoms with Crippen LogP contribution in [0.15, 0.2) is 18.2 Å². The molecule has 0 saturated heterocycles. The lowest BCUT2D eigenvalue weighted by Gasteiger charge is -2.28. The summed E-state index contributed by atoms with van der Waals surface area (Å²) in [5.74, 6) is -1.19. The van der Waals surface area contributed by atoms with Crippen LogP contribution < -0.4 is 5.32 Å². The van der Waals surface area contributed by atoms with Gasteiger partial charge in [-0.1, -0.05) is 12.1 Å². The SMILES string of the molecule is COC(=O)c1cc2n(n1)CCN(C(=O)CC1C(=O)Nc3c1ccc(C)c3C)C2. The smallest absolute Gasteiger partial charge is 0.358 e. The van der Waals surface area contributed by atoms with E-state index in [2.05, 4.69) is 10.4 Å². The number of hydrogen-bond donors (Lipinski definition) is 1. The zero-order valence-corrected chi connectivity index (χ0v) is 16.1. The standard InChI is InChI=1S/C20H22N4O4/c1-11-4-5-14-15(19(26)21-18(14)12(11)2)9-17(25)23-6-7-24-13(10-23)8-16(22-24)20(27)28-3/h4-5,8,15H,6-7,9-10H2,1-3H3,(H,21,26). The molecule has 0 bridgehead atoms. The lowest BCUT2D eigenvalue weighted by molar-refractivity contribution is -0.134. The van der Waals surface area contributed by atoms with Gasteiger partial charge in [0.05, 0.1) is 31.8 Å². The molecule has 2 aliphatic rings. The number of benzene rings is 1. The van der Waals surface area contributed by atoms with Gasteiger partial charge in [0.25, 0.3) is 0 Å². The maximum Gasteiger partial charge on any atom is 0.358 e. The third kappa shape index (κ3) is 2.94. The topological polar surface area (TPSA) is 93.5 Å². The predicted molar refractivity (Wildman–Crippen MR) is 101 cm³/mol. The van der Waals surface area contributed by atoms with Gasteiger partial charge in [0.1, 0.15) is 0 Å². The minimum Gasteiger partial charge on any atom is -0.464 e. The highest BCUT2D eigenvalue weighted by molar-refractivity contribution is 6.05. The van der Waals surface area contributed by atoms with Crippen molar-refractivity contribution in [3.63, 3.8) is 0 Å². The van der Waals surface area contributed by atoms with Gasteiger partial charge in [-0.25, -0.2) is 4.79 Å². The average molecular weight is 382 g/mol. The summed E-state index contributed by atoms with van der Waals surface area (Å²) in [6.45, 7) is 5.33. The summed E-state index contributed by atoms with van der Waals surface area (Å²) < 4.78 is 6.42. The molecule has 1 atom stereocenters. The van der Waals surface area contributed by atoms with E-state index in [1.54, 1.807) is 15.6 Å². The van der Waals surface area contributed by atoms with Crippen molar-refractivity contribution in [3.8, 4) is 0 Å². The largest absolute Gasteiger partial charge is 0.464 e. The van der Waals surface area contributed by atoms with Crippen LogP contribution in [0.1, 0.15) is 45.2 Å². The molecule has 1 unspecified atom stereocenters. The first-order valence-corrected chi connectivity index (χ1v) is 9.22. The minimum absolute atomic E-state index is 0.0849. The number of ether oxygens (including phenoxy) is 1. The van der Waals surface area contributed by atoms with Crippen LogP contribution in [-0.4, -0.2) is 46.1 Å². The van der Waals surface area contributed by atoms with Crippen LogP contribution in [0.3, 0.4) is 0 Å². The molecule has 8 heteroatoms. The van der Waals surface area contributed by atoms with E-state index < -0.39 is 11.9 Å². The Morgan fingerprint density at radius 1 is 1.29 bits per heavy atom. The molecule has 1 N–H and O–H groups in total. The highest BCUT2D eigenvalue weighted by Crippen LogP contribution is 2.38. The van der Waals surface area contributed by atoms with Gasteiger partial charge in [-0.2, -0.15) is 5.10 Å². The number of nitrogens with one attached hydrogen (secondary N) is 1. The molecule has 1 aromatic heterocycles. The fourth-order valence-corrected chi connectivity index (χ4v) is 3.83. The first-order valence-electron chi connectivity index (χ1n) is 9.22. The van der Waals surface area contributed by atoms with Crippen molar-refractivity contribution in [2.45, 2.75) is 39.3 Å². The molecule has 3 heterocycles.